The summed E-state index contributed by atoms with van der Waals surface area (Å²) in [5.41, 5.74) is 2.65. The first-order valence-electron chi connectivity index (χ1n) is 7.94. The summed E-state index contributed by atoms with van der Waals surface area (Å²) >= 11 is 1.38. The molecule has 0 fully saturated rings. The highest BCUT2D eigenvalue weighted by Gasteiger charge is 2.10. The Bertz CT molecular complexity index is 842. The molecule has 0 N–H and O–H groups in total. The molecule has 26 heavy (non-hydrogen) atoms. The molecule has 0 heterocycles. The van der Waals surface area contributed by atoms with Crippen molar-refractivity contribution in [1.82, 2.24) is 0 Å². The molecule has 6 heteroatoms. The molecule has 5 nitrogen and oxygen atoms in total. The molecule has 2 aromatic carbocycles. The lowest BCUT2D eigenvalue weighted by molar-refractivity contribution is -0.141. The van der Waals surface area contributed by atoms with E-state index in [1.54, 1.807) is 49.6 Å². The molecular weight excluding hydrogens is 350 g/mol. The number of methoxy groups -OCH3 is 1. The van der Waals surface area contributed by atoms with Crippen LogP contribution in [0.5, 0.6) is 5.75 Å². The van der Waals surface area contributed by atoms with Crippen molar-refractivity contribution in [3.8, 4) is 11.8 Å². The number of Topliss-reactive ketones (excluding diaryl/α,β-unsaturated/α-hetero) is 1. The van der Waals surface area contributed by atoms with Crippen LogP contribution in [0.4, 0.5) is 0 Å². The first-order chi connectivity index (χ1) is 12.5. The van der Waals surface area contributed by atoms with Gasteiger partial charge in [0.25, 0.3) is 0 Å². The lowest BCUT2D eigenvalue weighted by atomic mass is 10.1. The van der Waals surface area contributed by atoms with Gasteiger partial charge in [0, 0.05) is 22.4 Å². The van der Waals surface area contributed by atoms with Crippen LogP contribution in [-0.4, -0.2) is 24.6 Å². The molecule has 0 bridgehead atoms. The first kappa shape index (κ1) is 19.5. The van der Waals surface area contributed by atoms with Gasteiger partial charge in [0.1, 0.15) is 12.4 Å². The van der Waals surface area contributed by atoms with Gasteiger partial charge in [-0.05, 0) is 31.2 Å². The number of ketones is 1. The zero-order chi connectivity index (χ0) is 18.9. The van der Waals surface area contributed by atoms with Crippen molar-refractivity contribution in [2.24, 2.45) is 0 Å². The van der Waals surface area contributed by atoms with E-state index < -0.39 is 0 Å². The van der Waals surface area contributed by atoms with Crippen molar-refractivity contribution in [3.63, 3.8) is 0 Å². The molecule has 0 saturated heterocycles. The summed E-state index contributed by atoms with van der Waals surface area (Å²) in [6.45, 7) is 1.58. The van der Waals surface area contributed by atoms with Gasteiger partial charge < -0.3 is 9.47 Å². The van der Waals surface area contributed by atoms with E-state index in [0.29, 0.717) is 28.2 Å². The van der Waals surface area contributed by atoms with Crippen LogP contribution in [0.3, 0.4) is 0 Å². The van der Waals surface area contributed by atoms with Crippen molar-refractivity contribution >= 4 is 23.5 Å². The number of nitriles is 1. The molecule has 134 valence electrons. The molecule has 0 aliphatic carbocycles. The van der Waals surface area contributed by atoms with Gasteiger partial charge in [0.05, 0.1) is 24.5 Å². The van der Waals surface area contributed by atoms with Crippen molar-refractivity contribution in [3.05, 3.63) is 64.7 Å². The van der Waals surface area contributed by atoms with Crippen LogP contribution < -0.4 is 4.74 Å². The smallest absolute Gasteiger partial charge is 0.316 e. The molecule has 0 amide bonds. The Hall–Kier alpha value is -2.78. The van der Waals surface area contributed by atoms with Gasteiger partial charge in [0.2, 0.25) is 0 Å². The van der Waals surface area contributed by atoms with Gasteiger partial charge in [-0.15, -0.1) is 11.8 Å². The average Bonchev–Trinajstić information content (AvgIpc) is 2.66. The number of hydrogen-bond donors (Lipinski definition) is 0. The maximum Gasteiger partial charge on any atom is 0.316 e. The van der Waals surface area contributed by atoms with Crippen LogP contribution in [0, 0.1) is 11.3 Å². The number of nitrogens with zero attached hydrogens (tertiary/aromatic N) is 1. The van der Waals surface area contributed by atoms with E-state index in [1.165, 1.54) is 18.7 Å². The van der Waals surface area contributed by atoms with E-state index in [0.717, 1.165) is 5.56 Å². The number of rotatable bonds is 8. The molecule has 0 saturated carbocycles. The van der Waals surface area contributed by atoms with Crippen LogP contribution in [0.2, 0.25) is 0 Å². The SMILES string of the molecule is COc1ccc(C(C)=O)cc1CSCC(=O)OCc1ccccc1C#N. The van der Waals surface area contributed by atoms with E-state index >= 15 is 0 Å². The normalized spacial score (nSPS) is 10.0. The Morgan fingerprint density at radius 2 is 1.92 bits per heavy atom. The maximum atomic E-state index is 11.9. The Kier molecular flexibility index (Phi) is 7.24. The topological polar surface area (TPSA) is 76.4 Å². The number of benzene rings is 2. The quantitative estimate of drug-likeness (QED) is 0.521. The summed E-state index contributed by atoms with van der Waals surface area (Å²) in [6.07, 6.45) is 0. The average molecular weight is 369 g/mol. The Morgan fingerprint density at radius 1 is 1.15 bits per heavy atom. The van der Waals surface area contributed by atoms with Crippen molar-refractivity contribution in [1.29, 1.82) is 5.26 Å². The van der Waals surface area contributed by atoms with Crippen LogP contribution in [0.25, 0.3) is 0 Å². The zero-order valence-electron chi connectivity index (χ0n) is 14.7. The molecule has 0 spiro atoms. The van der Waals surface area contributed by atoms with Crippen molar-refractivity contribution < 1.29 is 19.1 Å². The van der Waals surface area contributed by atoms with Crippen LogP contribution in [0.1, 0.15) is 34.0 Å². The second kappa shape index (κ2) is 9.64. The molecule has 0 aliphatic rings. The molecule has 0 aliphatic heterocycles. The molecule has 0 radical (unpaired) electrons. The van der Waals surface area contributed by atoms with E-state index in [-0.39, 0.29) is 24.1 Å². The Morgan fingerprint density at radius 3 is 2.62 bits per heavy atom. The van der Waals surface area contributed by atoms with E-state index in [9.17, 15) is 9.59 Å². The highest BCUT2D eigenvalue weighted by Crippen LogP contribution is 2.25. The molecule has 0 atom stereocenters. The Balaban J connectivity index is 1.87. The fourth-order valence-corrected chi connectivity index (χ4v) is 3.11. The number of thioether (sulfide) groups is 1. The third kappa shape index (κ3) is 5.36. The predicted molar refractivity (Wildman–Crippen MR) is 100 cm³/mol. The molecule has 2 rings (SSSR count). The number of carbonyl (C=O) groups excluding carboxylic acids is 2. The predicted octanol–water partition coefficient (Wildman–Crippen LogP) is 3.75. The number of carbonyl (C=O) groups is 2. The van der Waals surface area contributed by atoms with Crippen LogP contribution >= 0.6 is 11.8 Å². The maximum absolute atomic E-state index is 11.9. The fourth-order valence-electron chi connectivity index (χ4n) is 2.31. The lowest BCUT2D eigenvalue weighted by Gasteiger charge is -2.10. The summed E-state index contributed by atoms with van der Waals surface area (Å²) in [6, 6.07) is 14.3. The first-order valence-corrected chi connectivity index (χ1v) is 9.10. The van der Waals surface area contributed by atoms with Crippen LogP contribution in [0.15, 0.2) is 42.5 Å². The number of hydrogen-bond acceptors (Lipinski definition) is 6. The standard InChI is InChI=1S/C20H19NO4S/c1-14(22)15-7-8-19(24-2)18(9-15)12-26-13-20(23)25-11-17-6-4-3-5-16(17)10-21/h3-9H,11-13H2,1-2H3. The fraction of sp³-hybridized carbons (Fsp3) is 0.250. The van der Waals surface area contributed by atoms with Crippen molar-refractivity contribution in [2.45, 2.75) is 19.3 Å². The molecule has 2 aromatic rings. The summed E-state index contributed by atoms with van der Waals surface area (Å²) in [4.78, 5) is 23.4. The second-order valence-corrected chi connectivity index (χ2v) is 6.49. The lowest BCUT2D eigenvalue weighted by Crippen LogP contribution is -2.08. The third-order valence-electron chi connectivity index (χ3n) is 3.69. The monoisotopic (exact) mass is 369 g/mol. The molecule has 0 aromatic heterocycles. The summed E-state index contributed by atoms with van der Waals surface area (Å²) in [5.74, 6) is 0.994. The van der Waals surface area contributed by atoms with E-state index in [2.05, 4.69) is 6.07 Å². The molecular formula is C20H19NO4S. The largest absolute Gasteiger partial charge is 0.496 e. The van der Waals surface area contributed by atoms with Crippen molar-refractivity contribution in [2.75, 3.05) is 12.9 Å². The van der Waals surface area contributed by atoms with E-state index in [1.807, 2.05) is 0 Å². The summed E-state index contributed by atoms with van der Waals surface area (Å²) in [7, 11) is 1.57. The van der Waals surface area contributed by atoms with Crippen LogP contribution in [-0.2, 0) is 21.9 Å². The Labute approximate surface area is 156 Å². The minimum absolute atomic E-state index is 0.0190. The zero-order valence-corrected chi connectivity index (χ0v) is 15.5. The molecule has 0 unspecified atom stereocenters. The number of esters is 1. The van der Waals surface area contributed by atoms with Gasteiger partial charge in [-0.1, -0.05) is 18.2 Å². The van der Waals surface area contributed by atoms with Gasteiger partial charge in [0.15, 0.2) is 5.78 Å². The highest BCUT2D eigenvalue weighted by molar-refractivity contribution is 7.99. The third-order valence-corrected chi connectivity index (χ3v) is 4.65. The van der Waals surface area contributed by atoms with Gasteiger partial charge in [-0.25, -0.2) is 0 Å². The van der Waals surface area contributed by atoms with Gasteiger partial charge in [-0.2, -0.15) is 5.26 Å². The van der Waals surface area contributed by atoms with Gasteiger partial charge >= 0.3 is 5.97 Å². The minimum Gasteiger partial charge on any atom is -0.496 e. The minimum atomic E-state index is -0.357. The van der Waals surface area contributed by atoms with Gasteiger partial charge in [-0.3, -0.25) is 9.59 Å². The summed E-state index contributed by atoms with van der Waals surface area (Å²) < 4.78 is 10.5. The number of ether oxygens (including phenoxy) is 2. The highest BCUT2D eigenvalue weighted by atomic mass is 32.2. The summed E-state index contributed by atoms with van der Waals surface area (Å²) in [5, 5.41) is 9.03. The van der Waals surface area contributed by atoms with E-state index in [4.69, 9.17) is 14.7 Å². The second-order valence-electron chi connectivity index (χ2n) is 5.51.